The molecule has 0 aromatic heterocycles. The molecule has 34 heavy (non-hydrogen) atoms. The van der Waals surface area contributed by atoms with Gasteiger partial charge in [0.25, 0.3) is 5.91 Å². The molecular weight excluding hydrogens is 442 g/mol. The number of para-hydroxylation sites is 1. The Morgan fingerprint density at radius 3 is 2.15 bits per heavy atom. The van der Waals surface area contributed by atoms with E-state index in [4.69, 9.17) is 14.9 Å². The van der Waals surface area contributed by atoms with Gasteiger partial charge in [-0.2, -0.15) is 0 Å². The van der Waals surface area contributed by atoms with Crippen molar-refractivity contribution in [3.05, 3.63) is 42.0 Å². The Morgan fingerprint density at radius 1 is 1.00 bits per heavy atom. The number of hydrogen-bond donors (Lipinski definition) is 4. The number of urea groups is 1. The number of imide groups is 1. The fourth-order valence-electron chi connectivity index (χ4n) is 4.34. The number of hydrogen-bond acceptors (Lipinski definition) is 6. The number of carboxylic acid groups (broad SMARTS) is 2. The number of nitrogens with zero attached hydrogens (tertiary/aromatic N) is 1. The Morgan fingerprint density at radius 2 is 1.59 bits per heavy atom. The molecule has 0 spiro atoms. The van der Waals surface area contributed by atoms with Crippen molar-refractivity contribution in [2.45, 2.75) is 56.7 Å². The van der Waals surface area contributed by atoms with E-state index >= 15 is 0 Å². The second kappa shape index (κ2) is 11.6. The van der Waals surface area contributed by atoms with E-state index in [1.165, 1.54) is 25.7 Å². The van der Waals surface area contributed by atoms with E-state index in [-0.39, 0.29) is 6.04 Å². The molecule has 2 saturated heterocycles. The van der Waals surface area contributed by atoms with Crippen LogP contribution in [-0.4, -0.2) is 70.8 Å². The van der Waals surface area contributed by atoms with Crippen LogP contribution in [0.15, 0.2) is 36.4 Å². The van der Waals surface area contributed by atoms with Crippen molar-refractivity contribution < 1.29 is 34.1 Å². The second-order valence-electron chi connectivity index (χ2n) is 8.91. The molecule has 3 fully saturated rings. The second-order valence-corrected chi connectivity index (χ2v) is 8.91. The molecule has 1 unspecified atom stereocenters. The van der Waals surface area contributed by atoms with Crippen LogP contribution in [0.2, 0.25) is 0 Å². The van der Waals surface area contributed by atoms with Gasteiger partial charge in [0.2, 0.25) is 0 Å². The van der Waals surface area contributed by atoms with Gasteiger partial charge in [-0.15, -0.1) is 0 Å². The molecule has 10 nitrogen and oxygen atoms in total. The average molecular weight is 474 g/mol. The van der Waals surface area contributed by atoms with Gasteiger partial charge in [0, 0.05) is 30.3 Å². The van der Waals surface area contributed by atoms with E-state index in [2.05, 4.69) is 22.6 Å². The Hall–Kier alpha value is -3.40. The maximum Gasteiger partial charge on any atom is 0.328 e. The van der Waals surface area contributed by atoms with Crippen molar-refractivity contribution in [1.29, 1.82) is 0 Å². The molecule has 1 aromatic rings. The topological polar surface area (TPSA) is 145 Å². The minimum atomic E-state index is -1.26. The Balaban J connectivity index is 0.000000350. The number of nitrogens with one attached hydrogen (secondary N) is 2. The number of benzene rings is 1. The lowest BCUT2D eigenvalue weighted by atomic mass is 9.98. The van der Waals surface area contributed by atoms with Crippen molar-refractivity contribution >= 4 is 23.9 Å². The quantitative estimate of drug-likeness (QED) is 0.441. The zero-order valence-corrected chi connectivity index (χ0v) is 19.1. The molecule has 184 valence electrons. The first-order valence-electron chi connectivity index (χ1n) is 11.4. The Labute approximate surface area is 198 Å². The van der Waals surface area contributed by atoms with E-state index in [9.17, 15) is 19.2 Å². The minimum absolute atomic E-state index is 0.137. The van der Waals surface area contributed by atoms with E-state index in [0.717, 1.165) is 12.8 Å². The molecule has 1 saturated carbocycles. The SMILES string of the molecule is CN1[C@@H]2CC[C@H]1CC(NC(=O)NC(=O)c1ccccc1OCC1CC1)C2.O=C(O)/C=C\C(=O)O. The summed E-state index contributed by atoms with van der Waals surface area (Å²) in [5.74, 6) is -1.78. The molecule has 2 bridgehead atoms. The summed E-state index contributed by atoms with van der Waals surface area (Å²) in [5, 5.41) is 21.1. The third-order valence-electron chi connectivity index (χ3n) is 6.33. The van der Waals surface area contributed by atoms with Gasteiger partial charge in [-0.05, 0) is 63.6 Å². The van der Waals surface area contributed by atoms with Crippen molar-refractivity contribution in [2.75, 3.05) is 13.7 Å². The van der Waals surface area contributed by atoms with Gasteiger partial charge in [0.05, 0.1) is 12.2 Å². The van der Waals surface area contributed by atoms with Crippen molar-refractivity contribution in [2.24, 2.45) is 5.92 Å². The number of rotatable bonds is 7. The van der Waals surface area contributed by atoms with Gasteiger partial charge in [0.1, 0.15) is 5.75 Å². The number of piperidine rings is 1. The maximum atomic E-state index is 12.5. The van der Waals surface area contributed by atoms with E-state index in [1.807, 2.05) is 6.07 Å². The zero-order chi connectivity index (χ0) is 24.7. The number of amides is 3. The fourth-order valence-corrected chi connectivity index (χ4v) is 4.34. The van der Waals surface area contributed by atoms with E-state index in [0.29, 0.717) is 48.1 Å². The van der Waals surface area contributed by atoms with Crippen LogP contribution in [0.3, 0.4) is 0 Å². The first-order chi connectivity index (χ1) is 16.2. The van der Waals surface area contributed by atoms with Gasteiger partial charge in [-0.25, -0.2) is 14.4 Å². The van der Waals surface area contributed by atoms with Crippen molar-refractivity contribution in [3.63, 3.8) is 0 Å². The molecule has 3 atom stereocenters. The number of carbonyl (C=O) groups is 4. The van der Waals surface area contributed by atoms with Crippen LogP contribution in [0.4, 0.5) is 4.79 Å². The molecule has 10 heteroatoms. The molecule has 4 rings (SSSR count). The number of carbonyl (C=O) groups excluding carboxylic acids is 2. The number of ether oxygens (including phenoxy) is 1. The smallest absolute Gasteiger partial charge is 0.328 e. The lowest BCUT2D eigenvalue weighted by molar-refractivity contribution is -0.134. The van der Waals surface area contributed by atoms with E-state index in [1.54, 1.807) is 18.2 Å². The van der Waals surface area contributed by atoms with Crippen LogP contribution in [0, 0.1) is 5.92 Å². The number of fused-ring (bicyclic) bond motifs is 2. The van der Waals surface area contributed by atoms with Crippen LogP contribution in [0.5, 0.6) is 5.75 Å². The Kier molecular flexibility index (Phi) is 8.64. The normalized spacial score (nSPS) is 23.5. The van der Waals surface area contributed by atoms with Crippen LogP contribution in [-0.2, 0) is 9.59 Å². The zero-order valence-electron chi connectivity index (χ0n) is 19.1. The predicted molar refractivity (Wildman–Crippen MR) is 123 cm³/mol. The molecular formula is C24H31N3O7. The predicted octanol–water partition coefficient (Wildman–Crippen LogP) is 2.25. The minimum Gasteiger partial charge on any atom is -0.492 e. The number of carboxylic acids is 2. The third-order valence-corrected chi connectivity index (χ3v) is 6.33. The summed E-state index contributed by atoms with van der Waals surface area (Å²) < 4.78 is 5.76. The van der Waals surface area contributed by atoms with Gasteiger partial charge in [-0.1, -0.05) is 12.1 Å². The summed E-state index contributed by atoms with van der Waals surface area (Å²) in [6.07, 6.45) is 7.80. The van der Waals surface area contributed by atoms with Gasteiger partial charge in [-0.3, -0.25) is 10.1 Å². The van der Waals surface area contributed by atoms with Gasteiger partial charge in [0.15, 0.2) is 0 Å². The maximum absolute atomic E-state index is 12.5. The summed E-state index contributed by atoms with van der Waals surface area (Å²) in [6.45, 7) is 0.634. The van der Waals surface area contributed by atoms with Crippen LogP contribution in [0.25, 0.3) is 0 Å². The van der Waals surface area contributed by atoms with Gasteiger partial charge < -0.3 is 25.2 Å². The largest absolute Gasteiger partial charge is 0.492 e. The lowest BCUT2D eigenvalue weighted by Gasteiger charge is -2.36. The monoisotopic (exact) mass is 473 g/mol. The highest BCUT2D eigenvalue weighted by molar-refractivity contribution is 6.05. The summed E-state index contributed by atoms with van der Waals surface area (Å²) in [6, 6.07) is 7.92. The third kappa shape index (κ3) is 7.58. The molecule has 3 aliphatic rings. The van der Waals surface area contributed by atoms with Crippen LogP contribution in [0.1, 0.15) is 48.9 Å². The number of aliphatic carboxylic acids is 2. The summed E-state index contributed by atoms with van der Waals surface area (Å²) >= 11 is 0. The Bertz CT molecular complexity index is 914. The lowest BCUT2D eigenvalue weighted by Crippen LogP contribution is -2.51. The highest BCUT2D eigenvalue weighted by Gasteiger charge is 2.38. The molecule has 3 amide bonds. The van der Waals surface area contributed by atoms with Crippen molar-refractivity contribution in [1.82, 2.24) is 15.5 Å². The van der Waals surface area contributed by atoms with Crippen molar-refractivity contribution in [3.8, 4) is 5.75 Å². The molecule has 2 heterocycles. The fraction of sp³-hybridized carbons (Fsp3) is 0.500. The summed E-state index contributed by atoms with van der Waals surface area (Å²) in [7, 11) is 2.17. The molecule has 1 aromatic carbocycles. The first-order valence-corrected chi connectivity index (χ1v) is 11.4. The average Bonchev–Trinajstić information content (AvgIpc) is 3.59. The molecule has 0 radical (unpaired) electrons. The summed E-state index contributed by atoms with van der Waals surface area (Å²) in [4.78, 5) is 46.3. The standard InChI is InChI=1S/C20H27N3O3.C4H4O4/c1-23-15-8-9-16(23)11-14(10-15)21-20(25)22-19(24)17-4-2-3-5-18(17)26-12-13-6-7-13;5-3(6)1-2-4(7)8/h2-5,13-16H,6-12H2,1H3,(H2,21,22,24,25);1-2H,(H,5,6)(H,7,8)/b;2-1-/t14?,15-,16+;. The molecule has 4 N–H and O–H groups in total. The van der Waals surface area contributed by atoms with Crippen LogP contribution < -0.4 is 15.4 Å². The van der Waals surface area contributed by atoms with Gasteiger partial charge >= 0.3 is 18.0 Å². The van der Waals surface area contributed by atoms with Crippen LogP contribution >= 0.6 is 0 Å². The summed E-state index contributed by atoms with van der Waals surface area (Å²) in [5.41, 5.74) is 0.409. The van der Waals surface area contributed by atoms with E-state index < -0.39 is 23.9 Å². The highest BCUT2D eigenvalue weighted by atomic mass is 16.5. The molecule has 2 aliphatic heterocycles. The first kappa shape index (κ1) is 25.2. The highest BCUT2D eigenvalue weighted by Crippen LogP contribution is 2.34. The molecule has 1 aliphatic carbocycles.